The van der Waals surface area contributed by atoms with Crippen molar-refractivity contribution in [3.63, 3.8) is 0 Å². The Hall–Kier alpha value is -1.67. The third-order valence-electron chi connectivity index (χ3n) is 3.41. The summed E-state index contributed by atoms with van der Waals surface area (Å²) in [7, 11) is 0. The number of nitriles is 1. The van der Waals surface area contributed by atoms with Crippen molar-refractivity contribution < 1.29 is 4.79 Å². The number of hydrogen-bond donors (Lipinski definition) is 0. The summed E-state index contributed by atoms with van der Waals surface area (Å²) in [6.07, 6.45) is 2.47. The fourth-order valence-electron chi connectivity index (χ4n) is 2.22. The molecule has 0 saturated heterocycles. The molecule has 0 unspecified atom stereocenters. The van der Waals surface area contributed by atoms with Crippen molar-refractivity contribution in [2.45, 2.75) is 24.8 Å². The number of amides is 1. The largest absolute Gasteiger partial charge is 0.274 e. The second-order valence-electron chi connectivity index (χ2n) is 4.68. The van der Waals surface area contributed by atoms with Gasteiger partial charge in [0.2, 0.25) is 0 Å². The molecular weight excluding hydrogens is 294 g/mol. The summed E-state index contributed by atoms with van der Waals surface area (Å²) in [5.41, 5.74) is 0.861. The van der Waals surface area contributed by atoms with Crippen LogP contribution in [-0.4, -0.2) is 22.2 Å². The average molecular weight is 304 g/mol. The Morgan fingerprint density at radius 1 is 1.39 bits per heavy atom. The van der Waals surface area contributed by atoms with Crippen LogP contribution in [0, 0.1) is 11.3 Å². The molecule has 3 rings (SSSR count). The molecule has 0 aromatic heterocycles. The van der Waals surface area contributed by atoms with Crippen molar-refractivity contribution in [1.82, 2.24) is 5.01 Å². The maximum Gasteiger partial charge on any atom is 0.274 e. The van der Waals surface area contributed by atoms with Crippen molar-refractivity contribution in [3.05, 3.63) is 34.3 Å². The highest BCUT2D eigenvalue weighted by Gasteiger charge is 2.55. The fourth-order valence-corrected chi connectivity index (χ4v) is 2.48. The number of hydrazone groups is 1. The lowest BCUT2D eigenvalue weighted by atomic mass is 10.1. The van der Waals surface area contributed by atoms with Crippen LogP contribution in [0.2, 0.25) is 0 Å². The van der Waals surface area contributed by atoms with Gasteiger partial charge < -0.3 is 0 Å². The molecule has 18 heavy (non-hydrogen) atoms. The van der Waals surface area contributed by atoms with Crippen LogP contribution in [0.15, 0.2) is 33.8 Å². The van der Waals surface area contributed by atoms with Crippen LogP contribution in [0.4, 0.5) is 0 Å². The van der Waals surface area contributed by atoms with Crippen LogP contribution in [-0.2, 0) is 0 Å². The summed E-state index contributed by atoms with van der Waals surface area (Å²) < 4.78 is 0.933. The number of halogens is 1. The number of benzene rings is 1. The van der Waals surface area contributed by atoms with E-state index in [9.17, 15) is 4.79 Å². The average Bonchev–Trinajstić information content (AvgIpc) is 3.03. The molecule has 2 aliphatic rings. The Labute approximate surface area is 113 Å². The van der Waals surface area contributed by atoms with E-state index in [4.69, 9.17) is 5.26 Å². The molecule has 1 fully saturated rings. The standard InChI is InChI=1S/C13H10BrN3O/c14-10-3-1-9(2-4-10)12(18)17-13(5-6-13)7-11(8-15)16-17/h1-4H,5-7H2. The molecule has 1 aliphatic carbocycles. The minimum Gasteiger partial charge on any atom is -0.267 e. The maximum atomic E-state index is 12.4. The maximum absolute atomic E-state index is 12.4. The number of carbonyl (C=O) groups is 1. The van der Waals surface area contributed by atoms with E-state index >= 15 is 0 Å². The Kier molecular flexibility index (Phi) is 2.49. The Balaban J connectivity index is 1.91. The van der Waals surface area contributed by atoms with E-state index in [-0.39, 0.29) is 11.4 Å². The SMILES string of the molecule is N#CC1=NN(C(=O)c2ccc(Br)cc2)C2(CC2)C1. The molecule has 1 saturated carbocycles. The Bertz CT molecular complexity index is 581. The summed E-state index contributed by atoms with van der Waals surface area (Å²) in [6, 6.07) is 9.25. The minimum atomic E-state index is -0.199. The van der Waals surface area contributed by atoms with Crippen LogP contribution in [0.3, 0.4) is 0 Å². The third-order valence-corrected chi connectivity index (χ3v) is 3.93. The predicted octanol–water partition coefficient (Wildman–Crippen LogP) is 2.71. The minimum absolute atomic E-state index is 0.120. The summed E-state index contributed by atoms with van der Waals surface area (Å²) in [5.74, 6) is -0.120. The molecule has 0 N–H and O–H groups in total. The van der Waals surface area contributed by atoms with Gasteiger partial charge in [0.05, 0.1) is 5.54 Å². The zero-order valence-corrected chi connectivity index (χ0v) is 11.1. The van der Waals surface area contributed by atoms with Crippen LogP contribution in [0.1, 0.15) is 29.6 Å². The third kappa shape index (κ3) is 1.73. The van der Waals surface area contributed by atoms with Gasteiger partial charge >= 0.3 is 0 Å². The van der Waals surface area contributed by atoms with E-state index in [0.29, 0.717) is 17.7 Å². The van der Waals surface area contributed by atoms with Gasteiger partial charge in [-0.2, -0.15) is 10.4 Å². The number of nitrogens with zero attached hydrogens (tertiary/aromatic N) is 3. The van der Waals surface area contributed by atoms with E-state index in [1.165, 1.54) is 5.01 Å². The number of rotatable bonds is 1. The highest BCUT2D eigenvalue weighted by atomic mass is 79.9. The molecule has 4 nitrogen and oxygen atoms in total. The molecule has 1 amide bonds. The first-order chi connectivity index (χ1) is 8.64. The molecule has 1 heterocycles. The summed E-state index contributed by atoms with van der Waals surface area (Å²) in [4.78, 5) is 12.4. The van der Waals surface area contributed by atoms with Gasteiger partial charge in [-0.25, -0.2) is 5.01 Å². The zero-order valence-electron chi connectivity index (χ0n) is 9.56. The van der Waals surface area contributed by atoms with Crippen molar-refractivity contribution in [2.75, 3.05) is 0 Å². The van der Waals surface area contributed by atoms with Gasteiger partial charge in [-0.3, -0.25) is 4.79 Å². The Morgan fingerprint density at radius 2 is 2.06 bits per heavy atom. The summed E-state index contributed by atoms with van der Waals surface area (Å²) in [5, 5.41) is 14.6. The van der Waals surface area contributed by atoms with E-state index in [1.807, 2.05) is 12.1 Å². The van der Waals surface area contributed by atoms with E-state index in [0.717, 1.165) is 17.3 Å². The molecule has 1 aromatic carbocycles. The van der Waals surface area contributed by atoms with Gasteiger partial charge in [-0.1, -0.05) is 15.9 Å². The van der Waals surface area contributed by atoms with E-state index in [1.54, 1.807) is 12.1 Å². The lowest BCUT2D eigenvalue weighted by Gasteiger charge is -2.20. The van der Waals surface area contributed by atoms with Gasteiger partial charge in [0.15, 0.2) is 0 Å². The van der Waals surface area contributed by atoms with Crippen molar-refractivity contribution >= 4 is 27.5 Å². The topological polar surface area (TPSA) is 56.5 Å². The first-order valence-electron chi connectivity index (χ1n) is 5.72. The van der Waals surface area contributed by atoms with Crippen LogP contribution in [0.25, 0.3) is 0 Å². The summed E-state index contributed by atoms with van der Waals surface area (Å²) >= 11 is 3.34. The second-order valence-corrected chi connectivity index (χ2v) is 5.60. The number of hydrogen-bond acceptors (Lipinski definition) is 3. The molecule has 1 spiro atoms. The van der Waals surface area contributed by atoms with Crippen molar-refractivity contribution in [1.29, 1.82) is 5.26 Å². The smallest absolute Gasteiger partial charge is 0.267 e. The first kappa shape index (κ1) is 11.4. The van der Waals surface area contributed by atoms with Crippen LogP contribution in [0.5, 0.6) is 0 Å². The predicted molar refractivity (Wildman–Crippen MR) is 69.9 cm³/mol. The van der Waals surface area contributed by atoms with Crippen molar-refractivity contribution in [2.24, 2.45) is 5.10 Å². The molecular formula is C13H10BrN3O. The van der Waals surface area contributed by atoms with Gasteiger partial charge in [-0.05, 0) is 37.1 Å². The molecule has 0 atom stereocenters. The van der Waals surface area contributed by atoms with Crippen LogP contribution >= 0.6 is 15.9 Å². The zero-order chi connectivity index (χ0) is 12.8. The first-order valence-corrected chi connectivity index (χ1v) is 6.52. The summed E-state index contributed by atoms with van der Waals surface area (Å²) in [6.45, 7) is 0. The molecule has 5 heteroatoms. The lowest BCUT2D eigenvalue weighted by Crippen LogP contribution is -2.34. The molecule has 1 aromatic rings. The number of carbonyl (C=O) groups excluding carboxylic acids is 1. The van der Waals surface area contributed by atoms with E-state index in [2.05, 4.69) is 27.1 Å². The fraction of sp³-hybridized carbons (Fsp3) is 0.308. The normalized spacial score (nSPS) is 19.6. The monoisotopic (exact) mass is 303 g/mol. The molecule has 0 radical (unpaired) electrons. The second kappa shape index (κ2) is 3.92. The molecule has 0 bridgehead atoms. The van der Waals surface area contributed by atoms with Gasteiger partial charge in [0, 0.05) is 16.5 Å². The molecule has 90 valence electrons. The van der Waals surface area contributed by atoms with Crippen molar-refractivity contribution in [3.8, 4) is 6.07 Å². The molecule has 1 aliphatic heterocycles. The van der Waals surface area contributed by atoms with E-state index < -0.39 is 0 Å². The van der Waals surface area contributed by atoms with Crippen LogP contribution < -0.4 is 0 Å². The highest BCUT2D eigenvalue weighted by molar-refractivity contribution is 9.10. The Morgan fingerprint density at radius 3 is 2.61 bits per heavy atom. The lowest BCUT2D eigenvalue weighted by molar-refractivity contribution is 0.0690. The van der Waals surface area contributed by atoms with Gasteiger partial charge in [-0.15, -0.1) is 0 Å². The van der Waals surface area contributed by atoms with Gasteiger partial charge in [0.25, 0.3) is 5.91 Å². The quantitative estimate of drug-likeness (QED) is 0.801. The highest BCUT2D eigenvalue weighted by Crippen LogP contribution is 2.49. The van der Waals surface area contributed by atoms with Gasteiger partial charge in [0.1, 0.15) is 11.8 Å².